The van der Waals surface area contributed by atoms with E-state index in [1.54, 1.807) is 12.1 Å². The zero-order valence-electron chi connectivity index (χ0n) is 12.6. The molecule has 0 aliphatic carbocycles. The maximum atomic E-state index is 12.4. The van der Waals surface area contributed by atoms with Gasteiger partial charge in [-0.1, -0.05) is 67.1 Å². The fourth-order valence-electron chi connectivity index (χ4n) is 1.87. The molecule has 0 bridgehead atoms. The van der Waals surface area contributed by atoms with Crippen LogP contribution in [0.5, 0.6) is 0 Å². The fourth-order valence-corrected chi connectivity index (χ4v) is 3.31. The van der Waals surface area contributed by atoms with Crippen LogP contribution in [-0.4, -0.2) is 34.2 Å². The highest BCUT2D eigenvalue weighted by Gasteiger charge is 2.33. The molecule has 0 N–H and O–H groups in total. The first-order chi connectivity index (χ1) is 11.0. The Kier molecular flexibility index (Phi) is 6.62. The summed E-state index contributed by atoms with van der Waals surface area (Å²) in [6.45, 7) is 2.21. The van der Waals surface area contributed by atoms with Crippen molar-refractivity contribution < 1.29 is 14.3 Å². The van der Waals surface area contributed by atoms with E-state index in [9.17, 15) is 9.59 Å². The van der Waals surface area contributed by atoms with Gasteiger partial charge in [0.1, 0.15) is 10.9 Å². The highest BCUT2D eigenvalue weighted by atomic mass is 35.5. The number of thioether (sulfide) groups is 1. The molecule has 4 nitrogen and oxygen atoms in total. The summed E-state index contributed by atoms with van der Waals surface area (Å²) in [7, 11) is 0. The summed E-state index contributed by atoms with van der Waals surface area (Å²) in [6.07, 6.45) is 3.43. The maximum Gasteiger partial charge on any atom is 0.326 e. The van der Waals surface area contributed by atoms with Crippen LogP contribution in [0, 0.1) is 0 Å². The lowest BCUT2D eigenvalue weighted by atomic mass is 10.2. The number of hydrogen-bond acceptors (Lipinski definition) is 5. The molecule has 1 fully saturated rings. The molecule has 1 saturated heterocycles. The molecule has 1 heterocycles. The Morgan fingerprint density at radius 3 is 2.87 bits per heavy atom. The highest BCUT2D eigenvalue weighted by molar-refractivity contribution is 8.26. The molecule has 1 aliphatic rings. The van der Waals surface area contributed by atoms with Gasteiger partial charge >= 0.3 is 5.97 Å². The topological polar surface area (TPSA) is 46.6 Å². The predicted octanol–water partition coefficient (Wildman–Crippen LogP) is 3.88. The third kappa shape index (κ3) is 4.80. The van der Waals surface area contributed by atoms with Gasteiger partial charge in [-0.15, -0.1) is 0 Å². The van der Waals surface area contributed by atoms with Crippen molar-refractivity contribution in [2.45, 2.75) is 19.8 Å². The Bertz CT molecular complexity index is 660. The van der Waals surface area contributed by atoms with E-state index >= 15 is 0 Å². The molecule has 122 valence electrons. The number of halogens is 1. The second-order valence-corrected chi connectivity index (χ2v) is 6.95. The molecule has 7 heteroatoms. The molecule has 0 atom stereocenters. The van der Waals surface area contributed by atoms with Crippen LogP contribution in [0.2, 0.25) is 5.02 Å². The van der Waals surface area contributed by atoms with Crippen LogP contribution in [0.15, 0.2) is 29.2 Å². The van der Waals surface area contributed by atoms with Crippen LogP contribution in [0.3, 0.4) is 0 Å². The minimum atomic E-state index is -0.450. The Hall–Kier alpha value is -1.37. The van der Waals surface area contributed by atoms with Crippen molar-refractivity contribution in [2.24, 2.45) is 0 Å². The Balaban J connectivity index is 2.05. The molecule has 0 spiro atoms. The highest BCUT2D eigenvalue weighted by Crippen LogP contribution is 2.33. The monoisotopic (exact) mass is 369 g/mol. The molecule has 1 aliphatic heterocycles. The molecule has 1 amide bonds. The van der Waals surface area contributed by atoms with Crippen LogP contribution < -0.4 is 0 Å². The number of hydrogen-bond donors (Lipinski definition) is 0. The zero-order valence-corrected chi connectivity index (χ0v) is 15.0. The lowest BCUT2D eigenvalue weighted by Gasteiger charge is -2.13. The van der Waals surface area contributed by atoms with Gasteiger partial charge in [0.25, 0.3) is 5.91 Å². The number of ether oxygens (including phenoxy) is 1. The second-order valence-electron chi connectivity index (χ2n) is 4.86. The van der Waals surface area contributed by atoms with E-state index < -0.39 is 5.97 Å². The number of carbonyl (C=O) groups excluding carboxylic acids is 2. The number of amides is 1. The van der Waals surface area contributed by atoms with Gasteiger partial charge in [0.2, 0.25) is 0 Å². The van der Waals surface area contributed by atoms with Crippen molar-refractivity contribution in [2.75, 3.05) is 13.2 Å². The second kappa shape index (κ2) is 8.47. The molecule has 0 saturated carbocycles. The van der Waals surface area contributed by atoms with Gasteiger partial charge in [0.15, 0.2) is 0 Å². The third-order valence-corrected chi connectivity index (χ3v) is 4.84. The van der Waals surface area contributed by atoms with E-state index in [0.717, 1.165) is 30.2 Å². The van der Waals surface area contributed by atoms with Gasteiger partial charge in [-0.05, 0) is 24.1 Å². The van der Waals surface area contributed by atoms with E-state index in [4.69, 9.17) is 28.6 Å². The van der Waals surface area contributed by atoms with Crippen molar-refractivity contribution >= 4 is 57.9 Å². The van der Waals surface area contributed by atoms with Crippen molar-refractivity contribution in [1.29, 1.82) is 0 Å². The number of rotatable bonds is 6. The van der Waals surface area contributed by atoms with E-state index in [0.29, 0.717) is 20.9 Å². The first kappa shape index (κ1) is 18.0. The number of unbranched alkanes of at least 4 members (excludes halogenated alkanes) is 1. The van der Waals surface area contributed by atoms with Crippen LogP contribution in [0.1, 0.15) is 25.3 Å². The SMILES string of the molecule is CCCCOC(=O)CN1C(=O)/C(=C/c2ccccc2Cl)SC1=S. The summed E-state index contributed by atoms with van der Waals surface area (Å²) in [5, 5.41) is 0.553. The standard InChI is InChI=1S/C16H16ClNO3S2/c1-2-3-8-21-14(19)10-18-15(20)13(23-16(18)22)9-11-6-4-5-7-12(11)17/h4-7,9H,2-3,8,10H2,1H3/b13-9-. The van der Waals surface area contributed by atoms with Gasteiger partial charge in [-0.3, -0.25) is 14.5 Å². The number of esters is 1. The zero-order chi connectivity index (χ0) is 16.8. The van der Waals surface area contributed by atoms with Gasteiger partial charge in [0.05, 0.1) is 11.5 Å². The molecular weight excluding hydrogens is 354 g/mol. The lowest BCUT2D eigenvalue weighted by molar-refractivity contribution is -0.146. The van der Waals surface area contributed by atoms with Crippen LogP contribution >= 0.6 is 35.6 Å². The average Bonchev–Trinajstić information content (AvgIpc) is 2.77. The van der Waals surface area contributed by atoms with Gasteiger partial charge < -0.3 is 4.74 Å². The Morgan fingerprint density at radius 2 is 2.17 bits per heavy atom. The van der Waals surface area contributed by atoms with E-state index in [-0.39, 0.29) is 12.5 Å². The van der Waals surface area contributed by atoms with Crippen LogP contribution in [0.25, 0.3) is 6.08 Å². The lowest BCUT2D eigenvalue weighted by Crippen LogP contribution is -2.34. The van der Waals surface area contributed by atoms with Crippen LogP contribution in [0.4, 0.5) is 0 Å². The van der Waals surface area contributed by atoms with Gasteiger partial charge in [-0.2, -0.15) is 0 Å². The molecule has 1 aromatic rings. The molecule has 0 unspecified atom stereocenters. The number of benzene rings is 1. The number of carbonyl (C=O) groups is 2. The van der Waals surface area contributed by atoms with Crippen molar-refractivity contribution in [3.63, 3.8) is 0 Å². The van der Waals surface area contributed by atoms with Crippen molar-refractivity contribution in [3.05, 3.63) is 39.8 Å². The Morgan fingerprint density at radius 1 is 1.43 bits per heavy atom. The molecule has 23 heavy (non-hydrogen) atoms. The number of nitrogens with zero attached hydrogens (tertiary/aromatic N) is 1. The summed E-state index contributed by atoms with van der Waals surface area (Å²) >= 11 is 12.4. The van der Waals surface area contributed by atoms with E-state index in [1.165, 1.54) is 4.90 Å². The van der Waals surface area contributed by atoms with Crippen molar-refractivity contribution in [3.8, 4) is 0 Å². The van der Waals surface area contributed by atoms with Crippen molar-refractivity contribution in [1.82, 2.24) is 4.90 Å². The van der Waals surface area contributed by atoms with Gasteiger partial charge in [0, 0.05) is 5.02 Å². The number of thiocarbonyl (C=S) groups is 1. The first-order valence-electron chi connectivity index (χ1n) is 7.18. The third-order valence-electron chi connectivity index (χ3n) is 3.11. The normalized spacial score (nSPS) is 16.3. The summed E-state index contributed by atoms with van der Waals surface area (Å²) in [5.74, 6) is -0.749. The largest absolute Gasteiger partial charge is 0.464 e. The molecule has 1 aromatic carbocycles. The predicted molar refractivity (Wildman–Crippen MR) is 97.2 cm³/mol. The molecular formula is C16H16ClNO3S2. The van der Waals surface area contributed by atoms with E-state index in [2.05, 4.69) is 0 Å². The Labute approximate surface area is 149 Å². The summed E-state index contributed by atoms with van der Waals surface area (Å²) < 4.78 is 5.42. The first-order valence-corrected chi connectivity index (χ1v) is 8.78. The minimum Gasteiger partial charge on any atom is -0.464 e. The fraction of sp³-hybridized carbons (Fsp3) is 0.312. The molecule has 2 rings (SSSR count). The summed E-state index contributed by atoms with van der Waals surface area (Å²) in [4.78, 5) is 25.9. The minimum absolute atomic E-state index is 0.158. The molecule has 0 radical (unpaired) electrons. The summed E-state index contributed by atoms with van der Waals surface area (Å²) in [5.41, 5.74) is 0.736. The average molecular weight is 370 g/mol. The smallest absolute Gasteiger partial charge is 0.326 e. The quantitative estimate of drug-likeness (QED) is 0.329. The van der Waals surface area contributed by atoms with Gasteiger partial charge in [-0.25, -0.2) is 0 Å². The van der Waals surface area contributed by atoms with E-state index in [1.807, 2.05) is 25.1 Å². The summed E-state index contributed by atoms with van der Waals surface area (Å²) in [6, 6.07) is 7.22. The molecule has 0 aromatic heterocycles. The van der Waals surface area contributed by atoms with Crippen LogP contribution in [-0.2, 0) is 14.3 Å². The maximum absolute atomic E-state index is 12.4.